The minimum Gasteiger partial charge on any atom is -0.491 e. The summed E-state index contributed by atoms with van der Waals surface area (Å²) in [5.74, 6) is -1.19. The van der Waals surface area contributed by atoms with E-state index in [4.69, 9.17) is 26.2 Å². The summed E-state index contributed by atoms with van der Waals surface area (Å²) < 4.78 is 37.8. The molecular formula is C21H16ClF2N3O4. The van der Waals surface area contributed by atoms with Crippen LogP contribution in [0.25, 0.3) is 22.3 Å². The molecule has 0 saturated heterocycles. The third kappa shape index (κ3) is 4.58. The van der Waals surface area contributed by atoms with Crippen molar-refractivity contribution in [1.82, 2.24) is 15.2 Å². The highest BCUT2D eigenvalue weighted by Gasteiger charge is 2.16. The SMILES string of the molecule is OCC(O)COc1ccc(Cl)c(-c2n[nH]c3nc(Oc4ccc(F)cc4F)ccc23)c1. The fourth-order valence-corrected chi connectivity index (χ4v) is 3.05. The van der Waals surface area contributed by atoms with Crippen LogP contribution in [0.5, 0.6) is 17.4 Å². The number of aromatic nitrogens is 3. The fourth-order valence-electron chi connectivity index (χ4n) is 2.84. The maximum Gasteiger partial charge on any atom is 0.221 e. The zero-order valence-corrected chi connectivity index (χ0v) is 16.6. The van der Waals surface area contributed by atoms with Crippen LogP contribution < -0.4 is 9.47 Å². The van der Waals surface area contributed by atoms with Crippen LogP contribution >= 0.6 is 11.6 Å². The van der Waals surface area contributed by atoms with Crippen LogP contribution in [0.2, 0.25) is 5.02 Å². The van der Waals surface area contributed by atoms with Crippen LogP contribution in [0.3, 0.4) is 0 Å². The van der Waals surface area contributed by atoms with E-state index in [0.29, 0.717) is 33.1 Å². The van der Waals surface area contributed by atoms with Gasteiger partial charge in [0.2, 0.25) is 5.88 Å². The van der Waals surface area contributed by atoms with E-state index in [1.807, 2.05) is 0 Å². The topological polar surface area (TPSA) is 100 Å². The van der Waals surface area contributed by atoms with Crippen molar-refractivity contribution in [1.29, 1.82) is 0 Å². The minimum absolute atomic E-state index is 0.0823. The normalized spacial score (nSPS) is 12.2. The lowest BCUT2D eigenvalue weighted by Gasteiger charge is -2.11. The maximum atomic E-state index is 13.8. The molecule has 4 rings (SSSR count). The number of halogens is 3. The van der Waals surface area contributed by atoms with Gasteiger partial charge in [0.15, 0.2) is 17.2 Å². The average molecular weight is 448 g/mol. The molecule has 2 heterocycles. The van der Waals surface area contributed by atoms with Crippen molar-refractivity contribution >= 4 is 22.6 Å². The predicted octanol–water partition coefficient (Wildman–Crippen LogP) is 4.08. The van der Waals surface area contributed by atoms with Crippen LogP contribution in [0.4, 0.5) is 8.78 Å². The molecule has 7 nitrogen and oxygen atoms in total. The summed E-state index contributed by atoms with van der Waals surface area (Å²) in [4.78, 5) is 4.27. The first-order valence-electron chi connectivity index (χ1n) is 9.14. The van der Waals surface area contributed by atoms with Crippen molar-refractivity contribution in [2.24, 2.45) is 0 Å². The second kappa shape index (κ2) is 8.84. The molecule has 0 fully saturated rings. The number of fused-ring (bicyclic) bond motifs is 1. The van der Waals surface area contributed by atoms with E-state index in [2.05, 4.69) is 15.2 Å². The van der Waals surface area contributed by atoms with Crippen molar-refractivity contribution in [2.75, 3.05) is 13.2 Å². The molecule has 2 aromatic heterocycles. The Balaban J connectivity index is 1.62. The molecule has 2 aromatic carbocycles. The maximum absolute atomic E-state index is 13.8. The fraction of sp³-hybridized carbons (Fsp3) is 0.143. The molecule has 0 aliphatic carbocycles. The van der Waals surface area contributed by atoms with Crippen LogP contribution in [0.15, 0.2) is 48.5 Å². The predicted molar refractivity (Wildman–Crippen MR) is 109 cm³/mol. The zero-order valence-electron chi connectivity index (χ0n) is 15.8. The molecule has 0 amide bonds. The molecule has 0 aliphatic heterocycles. The van der Waals surface area contributed by atoms with Gasteiger partial charge in [-0.05, 0) is 36.4 Å². The number of H-pyrrole nitrogens is 1. The highest BCUT2D eigenvalue weighted by atomic mass is 35.5. The monoisotopic (exact) mass is 447 g/mol. The third-order valence-electron chi connectivity index (χ3n) is 4.35. The smallest absolute Gasteiger partial charge is 0.221 e. The number of aromatic amines is 1. The van der Waals surface area contributed by atoms with Crippen LogP contribution in [0, 0.1) is 11.6 Å². The first kappa shape index (κ1) is 21.0. The van der Waals surface area contributed by atoms with E-state index >= 15 is 0 Å². The Hall–Kier alpha value is -3.27. The van der Waals surface area contributed by atoms with Gasteiger partial charge in [-0.15, -0.1) is 0 Å². The van der Waals surface area contributed by atoms with Gasteiger partial charge >= 0.3 is 0 Å². The highest BCUT2D eigenvalue weighted by molar-refractivity contribution is 6.33. The number of hydrogen-bond donors (Lipinski definition) is 3. The number of benzene rings is 2. The molecule has 10 heteroatoms. The van der Waals surface area contributed by atoms with E-state index < -0.39 is 24.3 Å². The Morgan fingerprint density at radius 3 is 2.71 bits per heavy atom. The lowest BCUT2D eigenvalue weighted by atomic mass is 10.1. The van der Waals surface area contributed by atoms with Gasteiger partial charge in [-0.1, -0.05) is 11.6 Å². The number of rotatable bonds is 7. The average Bonchev–Trinajstić information content (AvgIpc) is 3.18. The van der Waals surface area contributed by atoms with E-state index in [0.717, 1.165) is 12.1 Å². The summed E-state index contributed by atoms with van der Waals surface area (Å²) in [5.41, 5.74) is 1.43. The number of aliphatic hydroxyl groups excluding tert-OH is 2. The molecule has 0 bridgehead atoms. The van der Waals surface area contributed by atoms with Gasteiger partial charge in [-0.25, -0.2) is 8.78 Å². The molecule has 4 aromatic rings. The molecule has 0 spiro atoms. The second-order valence-corrected chi connectivity index (χ2v) is 6.99. The summed E-state index contributed by atoms with van der Waals surface area (Å²) in [6.07, 6.45) is -1.00. The molecule has 160 valence electrons. The quantitative estimate of drug-likeness (QED) is 0.394. The van der Waals surface area contributed by atoms with Gasteiger partial charge in [0.25, 0.3) is 0 Å². The number of ether oxygens (including phenoxy) is 2. The number of nitrogens with one attached hydrogen (secondary N) is 1. The Morgan fingerprint density at radius 1 is 1.10 bits per heavy atom. The van der Waals surface area contributed by atoms with E-state index in [1.165, 1.54) is 12.1 Å². The number of aliphatic hydroxyl groups is 2. The Kier molecular flexibility index (Phi) is 5.99. The van der Waals surface area contributed by atoms with E-state index in [9.17, 15) is 13.9 Å². The number of pyridine rings is 1. The van der Waals surface area contributed by atoms with Crippen LogP contribution in [0.1, 0.15) is 0 Å². The van der Waals surface area contributed by atoms with Gasteiger partial charge < -0.3 is 19.7 Å². The molecule has 1 atom stereocenters. The summed E-state index contributed by atoms with van der Waals surface area (Å²) in [7, 11) is 0. The lowest BCUT2D eigenvalue weighted by molar-refractivity contribution is 0.0536. The highest BCUT2D eigenvalue weighted by Crippen LogP contribution is 2.35. The summed E-state index contributed by atoms with van der Waals surface area (Å²) >= 11 is 6.33. The van der Waals surface area contributed by atoms with Gasteiger partial charge in [-0.3, -0.25) is 5.10 Å². The lowest BCUT2D eigenvalue weighted by Crippen LogP contribution is -2.21. The standard InChI is InChI=1S/C21H16ClF2N3O4/c22-16-4-2-13(30-10-12(29)9-28)8-15(16)20-14-3-6-19(25-21(14)27-26-20)31-18-5-1-11(23)7-17(18)24/h1-8,12,28-29H,9-10H2,(H,25,26,27). The summed E-state index contributed by atoms with van der Waals surface area (Å²) in [5, 5.41) is 26.4. The van der Waals surface area contributed by atoms with E-state index in [-0.39, 0.29) is 18.2 Å². The molecule has 0 saturated carbocycles. The summed E-state index contributed by atoms with van der Waals surface area (Å²) in [6.45, 7) is -0.497. The van der Waals surface area contributed by atoms with Crippen LogP contribution in [-0.2, 0) is 0 Å². The first-order chi connectivity index (χ1) is 14.9. The Labute approximate surface area is 179 Å². The van der Waals surface area contributed by atoms with Crippen molar-refractivity contribution < 1.29 is 28.5 Å². The van der Waals surface area contributed by atoms with Crippen molar-refractivity contribution in [3.63, 3.8) is 0 Å². The molecule has 3 N–H and O–H groups in total. The molecule has 0 radical (unpaired) electrons. The van der Waals surface area contributed by atoms with Crippen molar-refractivity contribution in [2.45, 2.75) is 6.10 Å². The van der Waals surface area contributed by atoms with Gasteiger partial charge in [-0.2, -0.15) is 10.1 Å². The van der Waals surface area contributed by atoms with Gasteiger partial charge in [0.05, 0.1) is 11.6 Å². The van der Waals surface area contributed by atoms with Crippen molar-refractivity contribution in [3.05, 3.63) is 65.2 Å². The molecule has 1 unspecified atom stereocenters. The number of nitrogens with zero attached hydrogens (tertiary/aromatic N) is 2. The molecule has 31 heavy (non-hydrogen) atoms. The largest absolute Gasteiger partial charge is 0.491 e. The van der Waals surface area contributed by atoms with Gasteiger partial charge in [0, 0.05) is 23.1 Å². The Bertz CT molecular complexity index is 1230. The minimum atomic E-state index is -1.00. The molecule has 0 aliphatic rings. The second-order valence-electron chi connectivity index (χ2n) is 6.58. The van der Waals surface area contributed by atoms with Crippen molar-refractivity contribution in [3.8, 4) is 28.6 Å². The molecular weight excluding hydrogens is 432 g/mol. The first-order valence-corrected chi connectivity index (χ1v) is 9.52. The summed E-state index contributed by atoms with van der Waals surface area (Å²) in [6, 6.07) is 11.1. The van der Waals surface area contributed by atoms with Crippen LogP contribution in [-0.4, -0.2) is 44.7 Å². The third-order valence-corrected chi connectivity index (χ3v) is 4.68. The number of hydrogen-bond acceptors (Lipinski definition) is 6. The van der Waals surface area contributed by atoms with E-state index in [1.54, 1.807) is 24.3 Å². The zero-order chi connectivity index (χ0) is 22.0. The Morgan fingerprint density at radius 2 is 1.94 bits per heavy atom. The van der Waals surface area contributed by atoms with Gasteiger partial charge in [0.1, 0.15) is 30.0 Å².